The Morgan fingerprint density at radius 3 is 2.65 bits per heavy atom. The second-order valence-electron chi connectivity index (χ2n) is 5.35. The van der Waals surface area contributed by atoms with Gasteiger partial charge in [0.1, 0.15) is 29.2 Å². The number of aryl methyl sites for hydroxylation is 1. The third kappa shape index (κ3) is 2.42. The van der Waals surface area contributed by atoms with Crippen molar-refractivity contribution in [3.63, 3.8) is 0 Å². The van der Waals surface area contributed by atoms with Gasteiger partial charge in [0.25, 0.3) is 0 Å². The number of nitrogens with two attached hydrogens (primary N) is 1. The molecule has 2 heterocycles. The van der Waals surface area contributed by atoms with E-state index >= 15 is 0 Å². The SMILES string of the molecule is CNc1cc2c(N)ncnc2c(-c2c(C)ccc(OC)c2C)n1. The molecular formula is C17H19N5O. The molecule has 0 amide bonds. The Bertz CT molecular complexity index is 892. The number of ether oxygens (including phenoxy) is 1. The smallest absolute Gasteiger partial charge is 0.134 e. The number of hydrogen-bond acceptors (Lipinski definition) is 6. The molecule has 0 spiro atoms. The van der Waals surface area contributed by atoms with E-state index in [1.54, 1.807) is 7.11 Å². The summed E-state index contributed by atoms with van der Waals surface area (Å²) in [6, 6.07) is 5.84. The van der Waals surface area contributed by atoms with Gasteiger partial charge in [-0.15, -0.1) is 0 Å². The van der Waals surface area contributed by atoms with E-state index in [0.29, 0.717) is 5.82 Å². The van der Waals surface area contributed by atoms with E-state index in [9.17, 15) is 0 Å². The summed E-state index contributed by atoms with van der Waals surface area (Å²) in [5.41, 5.74) is 10.7. The number of nitrogens with one attached hydrogen (secondary N) is 1. The van der Waals surface area contributed by atoms with Crippen LogP contribution in [0.3, 0.4) is 0 Å². The molecule has 1 aromatic carbocycles. The Hall–Kier alpha value is -2.89. The number of methoxy groups -OCH3 is 1. The van der Waals surface area contributed by atoms with Crippen molar-refractivity contribution in [3.05, 3.63) is 35.7 Å². The van der Waals surface area contributed by atoms with E-state index in [0.717, 1.165) is 44.9 Å². The summed E-state index contributed by atoms with van der Waals surface area (Å²) in [5.74, 6) is 1.97. The molecule has 23 heavy (non-hydrogen) atoms. The minimum absolute atomic E-state index is 0.438. The fraction of sp³-hybridized carbons (Fsp3) is 0.235. The first-order valence-corrected chi connectivity index (χ1v) is 7.30. The zero-order valence-corrected chi connectivity index (χ0v) is 13.6. The highest BCUT2D eigenvalue weighted by Crippen LogP contribution is 2.36. The van der Waals surface area contributed by atoms with E-state index in [-0.39, 0.29) is 0 Å². The third-order valence-corrected chi connectivity index (χ3v) is 3.99. The molecule has 118 valence electrons. The molecule has 0 radical (unpaired) electrons. The number of aromatic nitrogens is 3. The summed E-state index contributed by atoms with van der Waals surface area (Å²) in [5, 5.41) is 3.85. The molecule has 6 nitrogen and oxygen atoms in total. The van der Waals surface area contributed by atoms with E-state index < -0.39 is 0 Å². The highest BCUT2D eigenvalue weighted by atomic mass is 16.5. The quantitative estimate of drug-likeness (QED) is 0.773. The van der Waals surface area contributed by atoms with Gasteiger partial charge in [0, 0.05) is 23.6 Å². The van der Waals surface area contributed by atoms with E-state index in [1.165, 1.54) is 6.33 Å². The predicted octanol–water partition coefficient (Wildman–Crippen LogP) is 2.94. The number of hydrogen-bond donors (Lipinski definition) is 2. The molecule has 6 heteroatoms. The molecule has 0 fully saturated rings. The molecular weight excluding hydrogens is 290 g/mol. The molecule has 0 saturated heterocycles. The lowest BCUT2D eigenvalue weighted by Gasteiger charge is -2.16. The monoisotopic (exact) mass is 309 g/mol. The topological polar surface area (TPSA) is 86.0 Å². The lowest BCUT2D eigenvalue weighted by atomic mass is 9.97. The van der Waals surface area contributed by atoms with Gasteiger partial charge in [-0.05, 0) is 31.5 Å². The van der Waals surface area contributed by atoms with Crippen LogP contribution in [0.4, 0.5) is 11.6 Å². The standard InChI is InChI=1S/C17H19N5O/c1-9-5-6-12(23-4)10(2)14(9)16-15-11(7-13(19-3)22-16)17(18)21-8-20-15/h5-8H,1-4H3,(H,19,22)(H2,18,20,21). The fourth-order valence-corrected chi connectivity index (χ4v) is 2.80. The molecule has 0 aliphatic rings. The van der Waals surface area contributed by atoms with Crippen LogP contribution in [0.1, 0.15) is 11.1 Å². The van der Waals surface area contributed by atoms with Crippen LogP contribution in [0, 0.1) is 13.8 Å². The van der Waals surface area contributed by atoms with Crippen LogP contribution in [0.5, 0.6) is 5.75 Å². The van der Waals surface area contributed by atoms with Gasteiger partial charge >= 0.3 is 0 Å². The van der Waals surface area contributed by atoms with Gasteiger partial charge < -0.3 is 15.8 Å². The van der Waals surface area contributed by atoms with Gasteiger partial charge in [-0.25, -0.2) is 15.0 Å². The summed E-state index contributed by atoms with van der Waals surface area (Å²) in [6.07, 6.45) is 1.47. The van der Waals surface area contributed by atoms with Crippen LogP contribution in [0.2, 0.25) is 0 Å². The van der Waals surface area contributed by atoms with Crippen molar-refractivity contribution in [1.82, 2.24) is 15.0 Å². The summed E-state index contributed by atoms with van der Waals surface area (Å²) < 4.78 is 5.45. The molecule has 0 unspecified atom stereocenters. The van der Waals surface area contributed by atoms with Crippen molar-refractivity contribution < 1.29 is 4.74 Å². The average molecular weight is 309 g/mol. The van der Waals surface area contributed by atoms with Crippen LogP contribution < -0.4 is 15.8 Å². The van der Waals surface area contributed by atoms with E-state index in [2.05, 4.69) is 15.3 Å². The Morgan fingerprint density at radius 2 is 1.96 bits per heavy atom. The van der Waals surface area contributed by atoms with E-state index in [1.807, 2.05) is 39.1 Å². The average Bonchev–Trinajstić information content (AvgIpc) is 2.55. The fourth-order valence-electron chi connectivity index (χ4n) is 2.80. The maximum atomic E-state index is 6.03. The highest BCUT2D eigenvalue weighted by Gasteiger charge is 2.17. The summed E-state index contributed by atoms with van der Waals surface area (Å²) in [4.78, 5) is 13.2. The Labute approximate surface area is 134 Å². The summed E-state index contributed by atoms with van der Waals surface area (Å²) >= 11 is 0. The molecule has 0 atom stereocenters. The molecule has 0 aliphatic heterocycles. The first kappa shape index (κ1) is 15.0. The van der Waals surface area contributed by atoms with Gasteiger partial charge in [0.15, 0.2) is 0 Å². The summed E-state index contributed by atoms with van der Waals surface area (Å²) in [6.45, 7) is 4.07. The minimum atomic E-state index is 0.438. The Kier molecular flexibility index (Phi) is 3.73. The number of fused-ring (bicyclic) bond motifs is 1. The van der Waals surface area contributed by atoms with Crippen molar-refractivity contribution in [2.45, 2.75) is 13.8 Å². The number of nitrogen functional groups attached to an aromatic ring is 1. The van der Waals surface area contributed by atoms with Crippen LogP contribution in [-0.4, -0.2) is 29.1 Å². The molecule has 3 aromatic rings. The van der Waals surface area contributed by atoms with Crippen molar-refractivity contribution in [2.24, 2.45) is 0 Å². The lowest BCUT2D eigenvalue weighted by Crippen LogP contribution is -2.02. The Balaban J connectivity index is 2.43. The van der Waals surface area contributed by atoms with E-state index in [4.69, 9.17) is 15.5 Å². The largest absolute Gasteiger partial charge is 0.496 e. The zero-order chi connectivity index (χ0) is 16.6. The lowest BCUT2D eigenvalue weighted by molar-refractivity contribution is 0.412. The molecule has 0 bridgehead atoms. The second-order valence-corrected chi connectivity index (χ2v) is 5.35. The van der Waals surface area contributed by atoms with Gasteiger partial charge in [0.05, 0.1) is 12.8 Å². The number of nitrogens with zero attached hydrogens (tertiary/aromatic N) is 3. The molecule has 2 aromatic heterocycles. The number of rotatable bonds is 3. The first-order chi connectivity index (χ1) is 11.1. The number of anilines is 2. The normalized spacial score (nSPS) is 10.8. The van der Waals surface area contributed by atoms with Crippen molar-refractivity contribution in [1.29, 1.82) is 0 Å². The van der Waals surface area contributed by atoms with Crippen LogP contribution in [-0.2, 0) is 0 Å². The maximum absolute atomic E-state index is 6.03. The summed E-state index contributed by atoms with van der Waals surface area (Å²) in [7, 11) is 3.49. The van der Waals surface area contributed by atoms with Crippen molar-refractivity contribution >= 4 is 22.5 Å². The third-order valence-electron chi connectivity index (χ3n) is 3.99. The molecule has 3 N–H and O–H groups in total. The zero-order valence-electron chi connectivity index (χ0n) is 13.6. The highest BCUT2D eigenvalue weighted by molar-refractivity contribution is 5.99. The molecule has 3 rings (SSSR count). The minimum Gasteiger partial charge on any atom is -0.496 e. The van der Waals surface area contributed by atoms with Crippen molar-refractivity contribution in [3.8, 4) is 17.0 Å². The van der Waals surface area contributed by atoms with Crippen molar-refractivity contribution in [2.75, 3.05) is 25.2 Å². The number of pyridine rings is 1. The molecule has 0 aliphatic carbocycles. The van der Waals surface area contributed by atoms with Gasteiger partial charge in [-0.3, -0.25) is 0 Å². The van der Waals surface area contributed by atoms with Crippen LogP contribution >= 0.6 is 0 Å². The van der Waals surface area contributed by atoms with Gasteiger partial charge in [-0.1, -0.05) is 6.07 Å². The Morgan fingerprint density at radius 1 is 1.17 bits per heavy atom. The predicted molar refractivity (Wildman–Crippen MR) is 92.8 cm³/mol. The van der Waals surface area contributed by atoms with Gasteiger partial charge in [-0.2, -0.15) is 0 Å². The maximum Gasteiger partial charge on any atom is 0.134 e. The van der Waals surface area contributed by atoms with Crippen LogP contribution in [0.25, 0.3) is 22.2 Å². The number of benzene rings is 1. The van der Waals surface area contributed by atoms with Crippen LogP contribution in [0.15, 0.2) is 24.5 Å². The molecule has 0 saturated carbocycles. The van der Waals surface area contributed by atoms with Gasteiger partial charge in [0.2, 0.25) is 0 Å². The second kappa shape index (κ2) is 5.72. The first-order valence-electron chi connectivity index (χ1n) is 7.30.